The van der Waals surface area contributed by atoms with E-state index in [1.54, 1.807) is 11.1 Å². The Morgan fingerprint density at radius 2 is 1.90 bits per heavy atom. The summed E-state index contributed by atoms with van der Waals surface area (Å²) in [5, 5.41) is 3.70. The highest BCUT2D eigenvalue weighted by Gasteiger charge is 2.36. The quantitative estimate of drug-likeness (QED) is 0.814. The van der Waals surface area contributed by atoms with E-state index in [1.807, 2.05) is 0 Å². The Morgan fingerprint density at radius 3 is 2.50 bits per heavy atom. The molecular formula is C19H29N. The van der Waals surface area contributed by atoms with Gasteiger partial charge in [-0.25, -0.2) is 0 Å². The van der Waals surface area contributed by atoms with Gasteiger partial charge >= 0.3 is 0 Å². The third-order valence-electron chi connectivity index (χ3n) is 5.61. The summed E-state index contributed by atoms with van der Waals surface area (Å²) in [4.78, 5) is 0. The van der Waals surface area contributed by atoms with Crippen LogP contribution in [0.5, 0.6) is 0 Å². The molecule has 20 heavy (non-hydrogen) atoms. The summed E-state index contributed by atoms with van der Waals surface area (Å²) in [5.74, 6) is 0.861. The molecule has 0 radical (unpaired) electrons. The molecule has 1 aromatic rings. The summed E-state index contributed by atoms with van der Waals surface area (Å²) in [6.07, 6.45) is 9.44. The number of hydrogen-bond acceptors (Lipinski definition) is 1. The maximum Gasteiger partial charge on any atom is 0.00757 e. The van der Waals surface area contributed by atoms with Crippen molar-refractivity contribution in [3.63, 3.8) is 0 Å². The molecule has 0 saturated heterocycles. The summed E-state index contributed by atoms with van der Waals surface area (Å²) in [6.45, 7) is 5.88. The Kier molecular flexibility index (Phi) is 4.16. The van der Waals surface area contributed by atoms with Gasteiger partial charge in [0.1, 0.15) is 0 Å². The molecule has 1 N–H and O–H groups in total. The van der Waals surface area contributed by atoms with Crippen LogP contribution in [-0.2, 0) is 5.41 Å². The molecule has 2 aliphatic rings. The van der Waals surface area contributed by atoms with E-state index in [2.05, 4.69) is 43.4 Å². The molecule has 0 aromatic heterocycles. The van der Waals surface area contributed by atoms with Crippen LogP contribution in [0.15, 0.2) is 24.3 Å². The first-order chi connectivity index (χ1) is 9.71. The van der Waals surface area contributed by atoms with Crippen molar-refractivity contribution in [3.8, 4) is 0 Å². The molecule has 2 aliphatic carbocycles. The lowest BCUT2D eigenvalue weighted by molar-refractivity contribution is 0.418. The van der Waals surface area contributed by atoms with Gasteiger partial charge in [-0.2, -0.15) is 0 Å². The van der Waals surface area contributed by atoms with Crippen molar-refractivity contribution >= 4 is 0 Å². The SMILES string of the molecule is CCCNC1CCC(C)(c2ccc(C3CCC3)cc2)C1. The van der Waals surface area contributed by atoms with E-state index >= 15 is 0 Å². The van der Waals surface area contributed by atoms with Crippen LogP contribution in [0, 0.1) is 0 Å². The first-order valence-corrected chi connectivity index (χ1v) is 8.55. The molecular weight excluding hydrogens is 242 g/mol. The fraction of sp³-hybridized carbons (Fsp3) is 0.684. The molecule has 2 atom stereocenters. The fourth-order valence-electron chi connectivity index (χ4n) is 3.92. The summed E-state index contributed by atoms with van der Waals surface area (Å²) >= 11 is 0. The van der Waals surface area contributed by atoms with Gasteiger partial charge in [-0.15, -0.1) is 0 Å². The minimum Gasteiger partial charge on any atom is -0.314 e. The highest BCUT2D eigenvalue weighted by atomic mass is 14.9. The topological polar surface area (TPSA) is 12.0 Å². The fourth-order valence-corrected chi connectivity index (χ4v) is 3.92. The predicted molar refractivity (Wildman–Crippen MR) is 86.3 cm³/mol. The standard InChI is InChI=1S/C19H29N/c1-3-13-20-18-11-12-19(2,14-18)17-9-7-16(8-10-17)15-5-4-6-15/h7-10,15,18,20H,3-6,11-14H2,1-2H3. The van der Waals surface area contributed by atoms with Crippen LogP contribution >= 0.6 is 0 Å². The van der Waals surface area contributed by atoms with Crippen molar-refractivity contribution < 1.29 is 0 Å². The van der Waals surface area contributed by atoms with Gasteiger partial charge in [-0.05, 0) is 67.5 Å². The van der Waals surface area contributed by atoms with Gasteiger partial charge < -0.3 is 5.32 Å². The van der Waals surface area contributed by atoms with E-state index in [1.165, 1.54) is 51.5 Å². The van der Waals surface area contributed by atoms with E-state index in [4.69, 9.17) is 0 Å². The normalized spacial score (nSPS) is 30.4. The second kappa shape index (κ2) is 5.89. The van der Waals surface area contributed by atoms with Crippen molar-refractivity contribution in [2.45, 2.75) is 76.2 Å². The Hall–Kier alpha value is -0.820. The van der Waals surface area contributed by atoms with Gasteiger partial charge in [0.05, 0.1) is 0 Å². The van der Waals surface area contributed by atoms with Crippen LogP contribution in [0.2, 0.25) is 0 Å². The first-order valence-electron chi connectivity index (χ1n) is 8.55. The van der Waals surface area contributed by atoms with Gasteiger partial charge in [0, 0.05) is 6.04 Å². The van der Waals surface area contributed by atoms with Crippen molar-refractivity contribution in [1.29, 1.82) is 0 Å². The second-order valence-corrected chi connectivity index (χ2v) is 7.20. The van der Waals surface area contributed by atoms with Gasteiger partial charge in [0.2, 0.25) is 0 Å². The molecule has 2 unspecified atom stereocenters. The zero-order valence-electron chi connectivity index (χ0n) is 13.1. The number of benzene rings is 1. The smallest absolute Gasteiger partial charge is 0.00757 e. The first kappa shape index (κ1) is 14.1. The molecule has 1 aromatic carbocycles. The monoisotopic (exact) mass is 271 g/mol. The lowest BCUT2D eigenvalue weighted by Crippen LogP contribution is -2.29. The maximum absolute atomic E-state index is 3.70. The van der Waals surface area contributed by atoms with Crippen LogP contribution < -0.4 is 5.32 Å². The van der Waals surface area contributed by atoms with E-state index < -0.39 is 0 Å². The van der Waals surface area contributed by atoms with Gasteiger partial charge in [-0.3, -0.25) is 0 Å². The van der Waals surface area contributed by atoms with Crippen LogP contribution in [0.1, 0.15) is 75.8 Å². The molecule has 0 bridgehead atoms. The van der Waals surface area contributed by atoms with E-state index in [9.17, 15) is 0 Å². The van der Waals surface area contributed by atoms with Crippen LogP contribution in [0.25, 0.3) is 0 Å². The van der Waals surface area contributed by atoms with Gasteiger partial charge in [-0.1, -0.05) is 44.5 Å². The highest BCUT2D eigenvalue weighted by molar-refractivity contribution is 5.32. The van der Waals surface area contributed by atoms with Crippen LogP contribution in [0.3, 0.4) is 0 Å². The number of rotatable bonds is 5. The Morgan fingerprint density at radius 1 is 1.15 bits per heavy atom. The number of nitrogens with one attached hydrogen (secondary N) is 1. The average Bonchev–Trinajstić information content (AvgIpc) is 2.78. The molecule has 0 aliphatic heterocycles. The summed E-state index contributed by atoms with van der Waals surface area (Å²) < 4.78 is 0. The van der Waals surface area contributed by atoms with E-state index in [0.29, 0.717) is 5.41 Å². The Balaban J connectivity index is 1.65. The number of hydrogen-bond donors (Lipinski definition) is 1. The zero-order chi connectivity index (χ0) is 14.0. The summed E-state index contributed by atoms with van der Waals surface area (Å²) in [6, 6.07) is 10.4. The van der Waals surface area contributed by atoms with Crippen LogP contribution in [-0.4, -0.2) is 12.6 Å². The molecule has 0 spiro atoms. The Bertz CT molecular complexity index is 432. The summed E-state index contributed by atoms with van der Waals surface area (Å²) in [7, 11) is 0. The molecule has 110 valence electrons. The van der Waals surface area contributed by atoms with Gasteiger partial charge in [0.25, 0.3) is 0 Å². The molecule has 2 saturated carbocycles. The summed E-state index contributed by atoms with van der Waals surface area (Å²) in [5.41, 5.74) is 3.52. The van der Waals surface area contributed by atoms with Crippen molar-refractivity contribution in [1.82, 2.24) is 5.32 Å². The lowest BCUT2D eigenvalue weighted by Gasteiger charge is -2.28. The second-order valence-electron chi connectivity index (χ2n) is 7.20. The average molecular weight is 271 g/mol. The Labute approximate surface area is 124 Å². The minimum atomic E-state index is 0.392. The molecule has 2 fully saturated rings. The molecule has 0 heterocycles. The van der Waals surface area contributed by atoms with E-state index in [-0.39, 0.29) is 0 Å². The highest BCUT2D eigenvalue weighted by Crippen LogP contribution is 2.42. The van der Waals surface area contributed by atoms with E-state index in [0.717, 1.165) is 12.0 Å². The third kappa shape index (κ3) is 2.79. The third-order valence-corrected chi connectivity index (χ3v) is 5.61. The van der Waals surface area contributed by atoms with Gasteiger partial charge in [0.15, 0.2) is 0 Å². The maximum atomic E-state index is 3.70. The largest absolute Gasteiger partial charge is 0.314 e. The molecule has 1 heteroatoms. The van der Waals surface area contributed by atoms with Crippen molar-refractivity contribution in [2.75, 3.05) is 6.54 Å². The lowest BCUT2D eigenvalue weighted by atomic mass is 9.77. The van der Waals surface area contributed by atoms with Crippen molar-refractivity contribution in [3.05, 3.63) is 35.4 Å². The molecule has 3 rings (SSSR count). The minimum absolute atomic E-state index is 0.392. The zero-order valence-corrected chi connectivity index (χ0v) is 13.1. The predicted octanol–water partition coefficient (Wildman–Crippen LogP) is 4.76. The molecule has 1 nitrogen and oxygen atoms in total. The van der Waals surface area contributed by atoms with Crippen molar-refractivity contribution in [2.24, 2.45) is 0 Å². The molecule has 0 amide bonds. The van der Waals surface area contributed by atoms with Crippen LogP contribution in [0.4, 0.5) is 0 Å².